The predicted molar refractivity (Wildman–Crippen MR) is 78.2 cm³/mol. The van der Waals surface area contributed by atoms with Crippen LogP contribution in [-0.2, 0) is 14.3 Å². The number of nitrogens with one attached hydrogen (secondary N) is 1. The Labute approximate surface area is 127 Å². The van der Waals surface area contributed by atoms with Crippen LogP contribution in [0.15, 0.2) is 15.8 Å². The fourth-order valence-electron chi connectivity index (χ4n) is 2.50. The molecule has 1 aliphatic rings. The Hall–Kier alpha value is -2.33. The van der Waals surface area contributed by atoms with E-state index in [0.717, 1.165) is 0 Å². The van der Waals surface area contributed by atoms with Crippen LogP contribution in [0.4, 0.5) is 0 Å². The quantitative estimate of drug-likeness (QED) is 0.640. The van der Waals surface area contributed by atoms with Crippen molar-refractivity contribution in [1.29, 1.82) is 0 Å². The normalized spacial score (nSPS) is 24.0. The number of terminal acetylenes is 1. The van der Waals surface area contributed by atoms with E-state index in [9.17, 15) is 14.4 Å². The zero-order chi connectivity index (χ0) is 16.3. The molecule has 2 rings (SSSR count). The van der Waals surface area contributed by atoms with Crippen molar-refractivity contribution in [3.63, 3.8) is 0 Å². The SMILES string of the molecule is C#CC[C@H]1C[C@H](n2cc(C)c(=O)[nH]c2=O)O[C@@H]1COC(C)=O. The molecule has 7 nitrogen and oxygen atoms in total. The van der Waals surface area contributed by atoms with E-state index in [4.69, 9.17) is 15.9 Å². The number of aromatic amines is 1. The molecular weight excluding hydrogens is 288 g/mol. The summed E-state index contributed by atoms with van der Waals surface area (Å²) >= 11 is 0. The molecular formula is C15H18N2O5. The van der Waals surface area contributed by atoms with E-state index in [1.165, 1.54) is 17.7 Å². The minimum atomic E-state index is -0.540. The smallest absolute Gasteiger partial charge is 0.330 e. The van der Waals surface area contributed by atoms with Crippen LogP contribution in [0.1, 0.15) is 31.6 Å². The molecule has 1 aromatic heterocycles. The topological polar surface area (TPSA) is 90.4 Å². The second kappa shape index (κ2) is 6.62. The first kappa shape index (κ1) is 16.0. The minimum absolute atomic E-state index is 0.0199. The third-order valence-corrected chi connectivity index (χ3v) is 3.65. The highest BCUT2D eigenvalue weighted by Gasteiger charge is 2.36. The third kappa shape index (κ3) is 3.46. The van der Waals surface area contributed by atoms with E-state index in [2.05, 4.69) is 10.9 Å². The second-order valence-electron chi connectivity index (χ2n) is 5.31. The minimum Gasteiger partial charge on any atom is -0.463 e. The van der Waals surface area contributed by atoms with E-state index in [0.29, 0.717) is 18.4 Å². The van der Waals surface area contributed by atoms with Crippen LogP contribution in [-0.4, -0.2) is 28.2 Å². The molecule has 0 aromatic carbocycles. The molecule has 0 aliphatic carbocycles. The fourth-order valence-corrected chi connectivity index (χ4v) is 2.50. The van der Waals surface area contributed by atoms with Crippen LogP contribution >= 0.6 is 0 Å². The first-order chi connectivity index (χ1) is 10.4. The summed E-state index contributed by atoms with van der Waals surface area (Å²) in [4.78, 5) is 36.5. The number of hydrogen-bond donors (Lipinski definition) is 1. The summed E-state index contributed by atoms with van der Waals surface area (Å²) in [5.41, 5.74) is -0.538. The molecule has 0 spiro atoms. The van der Waals surface area contributed by atoms with Gasteiger partial charge in [-0.25, -0.2) is 4.79 Å². The highest BCUT2D eigenvalue weighted by atomic mass is 16.6. The second-order valence-corrected chi connectivity index (χ2v) is 5.31. The summed E-state index contributed by atoms with van der Waals surface area (Å²) < 4.78 is 12.1. The Morgan fingerprint density at radius 2 is 2.32 bits per heavy atom. The van der Waals surface area contributed by atoms with Gasteiger partial charge in [0.05, 0.1) is 6.10 Å². The van der Waals surface area contributed by atoms with Crippen molar-refractivity contribution in [2.45, 2.75) is 39.0 Å². The highest BCUT2D eigenvalue weighted by Crippen LogP contribution is 2.34. The van der Waals surface area contributed by atoms with E-state index in [1.807, 2.05) is 0 Å². The zero-order valence-electron chi connectivity index (χ0n) is 12.5. The van der Waals surface area contributed by atoms with E-state index in [1.54, 1.807) is 6.92 Å². The number of ether oxygens (including phenoxy) is 2. The third-order valence-electron chi connectivity index (χ3n) is 3.65. The van der Waals surface area contributed by atoms with Gasteiger partial charge < -0.3 is 9.47 Å². The number of aromatic nitrogens is 2. The largest absolute Gasteiger partial charge is 0.463 e. The Balaban J connectivity index is 2.22. The molecule has 1 aliphatic heterocycles. The van der Waals surface area contributed by atoms with Crippen molar-refractivity contribution >= 4 is 5.97 Å². The van der Waals surface area contributed by atoms with Gasteiger partial charge in [0.25, 0.3) is 5.56 Å². The van der Waals surface area contributed by atoms with Crippen molar-refractivity contribution in [3.8, 4) is 12.3 Å². The monoisotopic (exact) mass is 306 g/mol. The summed E-state index contributed by atoms with van der Waals surface area (Å²) in [6.07, 6.45) is 6.88. The summed E-state index contributed by atoms with van der Waals surface area (Å²) in [6, 6.07) is 0. The lowest BCUT2D eigenvalue weighted by Crippen LogP contribution is -2.33. The van der Waals surface area contributed by atoms with Gasteiger partial charge >= 0.3 is 11.7 Å². The Bertz CT molecular complexity index is 712. The van der Waals surface area contributed by atoms with Crippen molar-refractivity contribution in [3.05, 3.63) is 32.6 Å². The molecule has 1 aromatic rings. The van der Waals surface area contributed by atoms with Crippen molar-refractivity contribution in [2.75, 3.05) is 6.61 Å². The molecule has 0 amide bonds. The summed E-state index contributed by atoms with van der Waals surface area (Å²) in [5, 5.41) is 0. The van der Waals surface area contributed by atoms with Crippen molar-refractivity contribution < 1.29 is 14.3 Å². The molecule has 0 saturated carbocycles. The highest BCUT2D eigenvalue weighted by molar-refractivity contribution is 5.65. The summed E-state index contributed by atoms with van der Waals surface area (Å²) in [6.45, 7) is 3.02. The van der Waals surface area contributed by atoms with Crippen LogP contribution in [0.25, 0.3) is 0 Å². The Morgan fingerprint density at radius 1 is 1.59 bits per heavy atom. The van der Waals surface area contributed by atoms with Crippen LogP contribution in [0.2, 0.25) is 0 Å². The van der Waals surface area contributed by atoms with E-state index >= 15 is 0 Å². The number of carbonyl (C=O) groups excluding carboxylic acids is 1. The van der Waals surface area contributed by atoms with Gasteiger partial charge in [-0.2, -0.15) is 0 Å². The Kier molecular flexibility index (Phi) is 4.83. The van der Waals surface area contributed by atoms with Gasteiger partial charge in [0.2, 0.25) is 0 Å². The van der Waals surface area contributed by atoms with Crippen LogP contribution in [0.3, 0.4) is 0 Å². The molecule has 0 bridgehead atoms. The first-order valence-electron chi connectivity index (χ1n) is 6.96. The van der Waals surface area contributed by atoms with Gasteiger partial charge in [-0.3, -0.25) is 19.1 Å². The number of H-pyrrole nitrogens is 1. The molecule has 0 unspecified atom stereocenters. The van der Waals surface area contributed by atoms with E-state index < -0.39 is 23.4 Å². The number of aryl methyl sites for hydroxylation is 1. The molecule has 1 fully saturated rings. The molecule has 1 N–H and O–H groups in total. The van der Waals surface area contributed by atoms with Gasteiger partial charge in [-0.1, -0.05) is 0 Å². The predicted octanol–water partition coefficient (Wildman–Crippen LogP) is 0.335. The van der Waals surface area contributed by atoms with Gasteiger partial charge in [0.15, 0.2) is 0 Å². The van der Waals surface area contributed by atoms with Gasteiger partial charge in [-0.15, -0.1) is 12.3 Å². The van der Waals surface area contributed by atoms with Gasteiger partial charge in [0.1, 0.15) is 12.8 Å². The van der Waals surface area contributed by atoms with Crippen LogP contribution < -0.4 is 11.2 Å². The fraction of sp³-hybridized carbons (Fsp3) is 0.533. The maximum Gasteiger partial charge on any atom is 0.330 e. The van der Waals surface area contributed by atoms with Crippen LogP contribution in [0, 0.1) is 25.2 Å². The van der Waals surface area contributed by atoms with Crippen molar-refractivity contribution in [2.24, 2.45) is 5.92 Å². The molecule has 118 valence electrons. The maximum atomic E-state index is 11.9. The lowest BCUT2D eigenvalue weighted by atomic mass is 9.98. The molecule has 1 saturated heterocycles. The number of carbonyl (C=O) groups is 1. The molecule has 0 radical (unpaired) electrons. The lowest BCUT2D eigenvalue weighted by molar-refractivity contribution is -0.146. The molecule has 7 heteroatoms. The van der Waals surface area contributed by atoms with Gasteiger partial charge in [0, 0.05) is 31.0 Å². The van der Waals surface area contributed by atoms with Crippen LogP contribution in [0.5, 0.6) is 0 Å². The molecule has 2 heterocycles. The summed E-state index contributed by atoms with van der Waals surface area (Å²) in [5.74, 6) is 2.15. The number of hydrogen-bond acceptors (Lipinski definition) is 5. The summed E-state index contributed by atoms with van der Waals surface area (Å²) in [7, 11) is 0. The molecule has 3 atom stereocenters. The van der Waals surface area contributed by atoms with Crippen molar-refractivity contribution in [1.82, 2.24) is 9.55 Å². The Morgan fingerprint density at radius 3 is 2.95 bits per heavy atom. The number of esters is 1. The van der Waals surface area contributed by atoms with Gasteiger partial charge in [-0.05, 0) is 13.3 Å². The standard InChI is InChI=1S/C15H18N2O5/c1-4-5-11-6-13(22-12(11)8-21-10(3)18)17-7-9(2)14(19)16-15(17)20/h1,7,11-13H,5-6,8H2,2-3H3,(H,16,19,20)/t11-,12+,13+/m0/s1. The average molecular weight is 306 g/mol. The molecule has 22 heavy (non-hydrogen) atoms. The zero-order valence-corrected chi connectivity index (χ0v) is 12.5. The number of rotatable bonds is 4. The number of nitrogens with zero attached hydrogens (tertiary/aromatic N) is 1. The lowest BCUT2D eigenvalue weighted by Gasteiger charge is -2.17. The first-order valence-corrected chi connectivity index (χ1v) is 6.96. The average Bonchev–Trinajstić information content (AvgIpc) is 2.84. The van der Waals surface area contributed by atoms with E-state index in [-0.39, 0.29) is 18.6 Å². The maximum absolute atomic E-state index is 11.9.